The van der Waals surface area contributed by atoms with Crippen LogP contribution in [-0.4, -0.2) is 45.3 Å². The van der Waals surface area contributed by atoms with Crippen LogP contribution in [0.4, 0.5) is 0 Å². The van der Waals surface area contributed by atoms with E-state index in [9.17, 15) is 14.7 Å². The summed E-state index contributed by atoms with van der Waals surface area (Å²) in [4.78, 5) is 28.6. The lowest BCUT2D eigenvalue weighted by Crippen LogP contribution is -2.28. The Morgan fingerprint density at radius 3 is 2.68 bits per heavy atom. The summed E-state index contributed by atoms with van der Waals surface area (Å²) >= 11 is 0. The van der Waals surface area contributed by atoms with Crippen molar-refractivity contribution in [1.82, 2.24) is 20.0 Å². The molecule has 5 N–H and O–H groups in total. The Balaban J connectivity index is 1.33. The minimum atomic E-state index is -0.289. The molecule has 0 bridgehead atoms. The summed E-state index contributed by atoms with van der Waals surface area (Å²) in [6, 6.07) is 9.63. The first-order valence-corrected chi connectivity index (χ1v) is 12.8. The van der Waals surface area contributed by atoms with Crippen LogP contribution in [0.15, 0.2) is 82.7 Å². The Morgan fingerprint density at radius 1 is 1.11 bits per heavy atom. The van der Waals surface area contributed by atoms with Crippen LogP contribution in [0, 0.1) is 0 Å². The molecule has 1 atom stereocenters. The lowest BCUT2D eigenvalue weighted by atomic mass is 9.98. The van der Waals surface area contributed by atoms with E-state index in [1.54, 1.807) is 16.8 Å². The molecule has 1 fully saturated rings. The van der Waals surface area contributed by atoms with Gasteiger partial charge in [-0.3, -0.25) is 19.4 Å². The van der Waals surface area contributed by atoms with Gasteiger partial charge in [-0.25, -0.2) is 0 Å². The third kappa shape index (κ3) is 5.70. The van der Waals surface area contributed by atoms with E-state index in [1.165, 1.54) is 12.8 Å². The molecule has 0 spiro atoms. The summed E-state index contributed by atoms with van der Waals surface area (Å²) < 4.78 is 1.66. The Bertz CT molecular complexity index is 1370. The normalized spacial score (nSPS) is 19.7. The van der Waals surface area contributed by atoms with E-state index in [0.29, 0.717) is 23.5 Å². The first-order valence-electron chi connectivity index (χ1n) is 12.8. The first-order chi connectivity index (χ1) is 18.0. The summed E-state index contributed by atoms with van der Waals surface area (Å²) in [5.41, 5.74) is 10.0. The fourth-order valence-electron chi connectivity index (χ4n) is 5.11. The number of amides is 1. The minimum absolute atomic E-state index is 0.0627. The molecule has 2 aromatic rings. The zero-order valence-electron chi connectivity index (χ0n) is 20.8. The van der Waals surface area contributed by atoms with Gasteiger partial charge in [0.1, 0.15) is 0 Å². The molecule has 1 aromatic carbocycles. The largest absolute Gasteiger partial charge is 0.512 e. The Labute approximate surface area is 216 Å². The van der Waals surface area contributed by atoms with E-state index in [4.69, 9.17) is 5.73 Å². The third-order valence-corrected chi connectivity index (χ3v) is 7.07. The van der Waals surface area contributed by atoms with Crippen molar-refractivity contribution in [3.05, 3.63) is 105 Å². The molecule has 192 valence electrons. The number of aliphatic hydroxyl groups is 1. The van der Waals surface area contributed by atoms with Gasteiger partial charge in [0, 0.05) is 31.0 Å². The molecule has 1 aliphatic heterocycles. The molecule has 5 rings (SSSR count). The fourth-order valence-corrected chi connectivity index (χ4v) is 5.11. The highest BCUT2D eigenvalue weighted by Crippen LogP contribution is 2.27. The van der Waals surface area contributed by atoms with Crippen molar-refractivity contribution in [2.45, 2.75) is 38.1 Å². The lowest BCUT2D eigenvalue weighted by Gasteiger charge is -2.15. The van der Waals surface area contributed by atoms with Gasteiger partial charge in [0.15, 0.2) is 0 Å². The van der Waals surface area contributed by atoms with E-state index in [-0.39, 0.29) is 36.0 Å². The number of nitrogens with two attached hydrogens (primary N) is 1. The summed E-state index contributed by atoms with van der Waals surface area (Å²) in [5.74, 6) is -0.384. The maximum atomic E-state index is 13.2. The molecule has 8 nitrogen and oxygen atoms in total. The number of rotatable bonds is 7. The van der Waals surface area contributed by atoms with Gasteiger partial charge in [0.25, 0.3) is 5.56 Å². The maximum Gasteiger partial charge on any atom is 0.274 e. The van der Waals surface area contributed by atoms with Crippen LogP contribution in [-0.2, 0) is 11.3 Å². The number of carbonyl (C=O) groups is 1. The topological polar surface area (TPSA) is 116 Å². The summed E-state index contributed by atoms with van der Waals surface area (Å²) in [6.45, 7) is 3.57. The van der Waals surface area contributed by atoms with Crippen molar-refractivity contribution in [2.75, 3.05) is 19.6 Å². The third-order valence-electron chi connectivity index (χ3n) is 7.07. The number of benzene rings is 1. The van der Waals surface area contributed by atoms with Crippen LogP contribution < -0.4 is 16.6 Å². The first kappa shape index (κ1) is 24.6. The summed E-state index contributed by atoms with van der Waals surface area (Å²) in [5, 5.41) is 16.6. The monoisotopic (exact) mass is 499 g/mol. The molecule has 3 aliphatic rings. The van der Waals surface area contributed by atoms with Gasteiger partial charge in [0.05, 0.1) is 29.3 Å². The molecule has 1 amide bonds. The molecule has 1 aromatic heterocycles. The van der Waals surface area contributed by atoms with Crippen molar-refractivity contribution in [2.24, 2.45) is 5.73 Å². The molecule has 0 radical (unpaired) electrons. The molecule has 0 saturated carbocycles. The number of aromatic amines is 1. The number of nitrogens with zero attached hydrogens (tertiary/aromatic N) is 2. The SMILES string of the molecule is NC1=C(NC(=O)CC2C=CC=Cc3c2[nH]n(CCN2CCCC2)c3=O)C=C(c2ccccc2)C=C(O)C1. The molecule has 8 heteroatoms. The molecule has 2 heterocycles. The van der Waals surface area contributed by atoms with Gasteiger partial charge < -0.3 is 21.1 Å². The highest BCUT2D eigenvalue weighted by molar-refractivity contribution is 5.83. The van der Waals surface area contributed by atoms with E-state index in [1.807, 2.05) is 54.6 Å². The zero-order chi connectivity index (χ0) is 25.8. The number of aromatic nitrogens is 2. The van der Waals surface area contributed by atoms with Crippen LogP contribution in [0.1, 0.15) is 48.4 Å². The molecule has 37 heavy (non-hydrogen) atoms. The van der Waals surface area contributed by atoms with Gasteiger partial charge in [0.2, 0.25) is 5.91 Å². The van der Waals surface area contributed by atoms with Gasteiger partial charge in [-0.15, -0.1) is 0 Å². The second kappa shape index (κ2) is 10.9. The maximum absolute atomic E-state index is 13.2. The number of H-pyrrole nitrogens is 1. The fraction of sp³-hybridized carbons (Fsp3) is 0.310. The number of likely N-dealkylation sites (tertiary alicyclic amines) is 1. The highest BCUT2D eigenvalue weighted by Gasteiger charge is 2.24. The Hall–Kier alpha value is -4.04. The molecule has 1 unspecified atom stereocenters. The van der Waals surface area contributed by atoms with Crippen LogP contribution in [0.2, 0.25) is 0 Å². The van der Waals surface area contributed by atoms with E-state index in [2.05, 4.69) is 15.3 Å². The molecule has 1 saturated heterocycles. The number of fused-ring (bicyclic) bond motifs is 1. The molecular weight excluding hydrogens is 466 g/mol. The quantitative estimate of drug-likeness (QED) is 0.465. The number of carbonyl (C=O) groups excluding carboxylic acids is 1. The van der Waals surface area contributed by atoms with Crippen molar-refractivity contribution in [1.29, 1.82) is 0 Å². The van der Waals surface area contributed by atoms with Crippen molar-refractivity contribution in [3.63, 3.8) is 0 Å². The molecule has 2 aliphatic carbocycles. The van der Waals surface area contributed by atoms with Gasteiger partial charge in [-0.2, -0.15) is 0 Å². The van der Waals surface area contributed by atoms with Crippen LogP contribution in [0.5, 0.6) is 0 Å². The van der Waals surface area contributed by atoms with Crippen molar-refractivity contribution in [3.8, 4) is 0 Å². The van der Waals surface area contributed by atoms with Crippen LogP contribution >= 0.6 is 0 Å². The lowest BCUT2D eigenvalue weighted by molar-refractivity contribution is -0.120. The summed E-state index contributed by atoms with van der Waals surface area (Å²) in [7, 11) is 0. The van der Waals surface area contributed by atoms with Crippen molar-refractivity contribution >= 4 is 17.6 Å². The number of hydrogen-bond donors (Lipinski definition) is 4. The Morgan fingerprint density at radius 2 is 1.89 bits per heavy atom. The standard InChI is InChI=1S/C29H33N5O3/c30-25-19-23(35)16-22(20-8-2-1-3-9-20)17-26(25)31-27(36)18-21-10-4-5-11-24-28(21)32-34(29(24)37)15-14-33-12-6-7-13-33/h1-5,8-11,16-17,21,32,35H,6-7,12-15,18-19,30H2,(H,31,36). The summed E-state index contributed by atoms with van der Waals surface area (Å²) in [6.07, 6.45) is 13.6. The number of allylic oxidation sites excluding steroid dienone is 6. The van der Waals surface area contributed by atoms with E-state index < -0.39 is 0 Å². The van der Waals surface area contributed by atoms with Gasteiger partial charge in [-0.1, -0.05) is 48.6 Å². The second-order valence-electron chi connectivity index (χ2n) is 9.76. The van der Waals surface area contributed by atoms with Crippen LogP contribution in [0.25, 0.3) is 11.6 Å². The van der Waals surface area contributed by atoms with E-state index >= 15 is 0 Å². The highest BCUT2D eigenvalue weighted by atomic mass is 16.3. The van der Waals surface area contributed by atoms with Gasteiger partial charge in [-0.05, 0) is 55.3 Å². The average Bonchev–Trinajstić information content (AvgIpc) is 3.42. The predicted molar refractivity (Wildman–Crippen MR) is 145 cm³/mol. The minimum Gasteiger partial charge on any atom is -0.512 e. The number of hydrogen-bond acceptors (Lipinski definition) is 5. The predicted octanol–water partition coefficient (Wildman–Crippen LogP) is 3.54. The van der Waals surface area contributed by atoms with Crippen molar-refractivity contribution < 1.29 is 9.90 Å². The van der Waals surface area contributed by atoms with Crippen LogP contribution in [0.3, 0.4) is 0 Å². The Kier molecular flexibility index (Phi) is 7.28. The number of nitrogens with one attached hydrogen (secondary N) is 2. The zero-order valence-corrected chi connectivity index (χ0v) is 20.8. The van der Waals surface area contributed by atoms with E-state index in [0.717, 1.165) is 36.5 Å². The van der Waals surface area contributed by atoms with Gasteiger partial charge >= 0.3 is 0 Å². The average molecular weight is 500 g/mol. The molecular formula is C29H33N5O3. The number of aliphatic hydroxyl groups excluding tert-OH is 1. The second-order valence-corrected chi connectivity index (χ2v) is 9.76. The smallest absolute Gasteiger partial charge is 0.274 e.